The highest BCUT2D eigenvalue weighted by Gasteiger charge is 2.02. The number of hydrogen-bond acceptors (Lipinski definition) is 3. The molecule has 0 radical (unpaired) electrons. The molecule has 0 aliphatic carbocycles. The molecular weight excluding hydrogens is 247 g/mol. The lowest BCUT2D eigenvalue weighted by Crippen LogP contribution is -1.98. The Hall–Kier alpha value is -1.55. The van der Waals surface area contributed by atoms with E-state index in [4.69, 9.17) is 0 Å². The van der Waals surface area contributed by atoms with Gasteiger partial charge < -0.3 is 5.32 Å². The van der Waals surface area contributed by atoms with Gasteiger partial charge >= 0.3 is 0 Å². The molecule has 0 fully saturated rings. The first-order chi connectivity index (χ1) is 8.79. The molecular formula is C14H15FN2S. The predicted molar refractivity (Wildman–Crippen MR) is 74.4 cm³/mol. The zero-order chi connectivity index (χ0) is 12.8. The average molecular weight is 262 g/mol. The van der Waals surface area contributed by atoms with Crippen molar-refractivity contribution >= 4 is 17.6 Å². The minimum Gasteiger partial charge on any atom is -0.370 e. The van der Waals surface area contributed by atoms with Crippen molar-refractivity contribution < 1.29 is 4.39 Å². The highest BCUT2D eigenvalue weighted by Crippen LogP contribution is 2.25. The summed E-state index contributed by atoms with van der Waals surface area (Å²) in [4.78, 5) is 4.96. The van der Waals surface area contributed by atoms with E-state index in [0.717, 1.165) is 23.7 Å². The van der Waals surface area contributed by atoms with Crippen LogP contribution in [0.3, 0.4) is 0 Å². The molecule has 2 nitrogen and oxygen atoms in total. The number of rotatable bonds is 5. The molecule has 2 aromatic rings. The van der Waals surface area contributed by atoms with Crippen LogP contribution in [-0.4, -0.2) is 11.5 Å². The van der Waals surface area contributed by atoms with Crippen LogP contribution in [0.2, 0.25) is 0 Å². The van der Waals surface area contributed by atoms with Crippen LogP contribution in [-0.2, 0) is 5.75 Å². The van der Waals surface area contributed by atoms with Crippen molar-refractivity contribution in [2.45, 2.75) is 17.6 Å². The fourth-order valence-corrected chi connectivity index (χ4v) is 2.39. The van der Waals surface area contributed by atoms with Crippen molar-refractivity contribution in [3.63, 3.8) is 0 Å². The first-order valence-corrected chi connectivity index (χ1v) is 6.84. The molecule has 0 atom stereocenters. The summed E-state index contributed by atoms with van der Waals surface area (Å²) in [7, 11) is 0. The monoisotopic (exact) mass is 262 g/mol. The lowest BCUT2D eigenvalue weighted by atomic mass is 10.3. The van der Waals surface area contributed by atoms with Gasteiger partial charge in [0.25, 0.3) is 0 Å². The third kappa shape index (κ3) is 3.47. The van der Waals surface area contributed by atoms with Gasteiger partial charge in [-0.2, -0.15) is 0 Å². The number of hydrogen-bond donors (Lipinski definition) is 1. The summed E-state index contributed by atoms with van der Waals surface area (Å²) < 4.78 is 13.4. The Kier molecular flexibility index (Phi) is 4.59. The molecule has 1 aromatic heterocycles. The van der Waals surface area contributed by atoms with E-state index in [1.807, 2.05) is 31.3 Å². The lowest BCUT2D eigenvalue weighted by Gasteiger charge is -2.05. The average Bonchev–Trinajstić information content (AvgIpc) is 2.40. The maximum atomic E-state index is 13.4. The van der Waals surface area contributed by atoms with Gasteiger partial charge in [-0.25, -0.2) is 9.37 Å². The summed E-state index contributed by atoms with van der Waals surface area (Å²) in [6.45, 7) is 2.89. The van der Waals surface area contributed by atoms with Gasteiger partial charge in [0.05, 0.1) is 0 Å². The van der Waals surface area contributed by atoms with Crippen molar-refractivity contribution in [2.75, 3.05) is 11.9 Å². The third-order valence-corrected chi connectivity index (χ3v) is 3.53. The van der Waals surface area contributed by atoms with E-state index in [1.54, 1.807) is 12.1 Å². The van der Waals surface area contributed by atoms with Crippen LogP contribution in [0, 0.1) is 5.82 Å². The van der Waals surface area contributed by atoms with Gasteiger partial charge in [0.2, 0.25) is 0 Å². The van der Waals surface area contributed by atoms with Crippen LogP contribution in [0.5, 0.6) is 0 Å². The molecule has 0 spiro atoms. The summed E-state index contributed by atoms with van der Waals surface area (Å²) in [5.41, 5.74) is 1.09. The summed E-state index contributed by atoms with van der Waals surface area (Å²) in [6, 6.07) is 10.8. The minimum atomic E-state index is -0.167. The van der Waals surface area contributed by atoms with Crippen LogP contribution in [0.1, 0.15) is 12.5 Å². The molecule has 18 heavy (non-hydrogen) atoms. The Bertz CT molecular complexity index is 499. The van der Waals surface area contributed by atoms with Crippen molar-refractivity contribution in [1.82, 2.24) is 4.98 Å². The van der Waals surface area contributed by atoms with E-state index in [0.29, 0.717) is 4.90 Å². The van der Waals surface area contributed by atoms with Gasteiger partial charge in [0, 0.05) is 23.4 Å². The Labute approximate surface area is 111 Å². The fourth-order valence-electron chi connectivity index (χ4n) is 1.52. The summed E-state index contributed by atoms with van der Waals surface area (Å²) >= 11 is 1.48. The molecule has 0 aliphatic heterocycles. The molecule has 1 heterocycles. The lowest BCUT2D eigenvalue weighted by molar-refractivity contribution is 0.602. The molecule has 2 rings (SSSR count). The van der Waals surface area contributed by atoms with Crippen LogP contribution >= 0.6 is 11.8 Å². The van der Waals surface area contributed by atoms with Gasteiger partial charge in [-0.05, 0) is 30.7 Å². The van der Waals surface area contributed by atoms with E-state index in [2.05, 4.69) is 10.3 Å². The molecule has 0 unspecified atom stereocenters. The van der Waals surface area contributed by atoms with E-state index in [1.165, 1.54) is 17.8 Å². The van der Waals surface area contributed by atoms with Crippen LogP contribution in [0.15, 0.2) is 47.5 Å². The number of pyridine rings is 1. The number of benzene rings is 1. The van der Waals surface area contributed by atoms with Crippen LogP contribution in [0.25, 0.3) is 0 Å². The number of halogens is 1. The first kappa shape index (κ1) is 12.9. The Morgan fingerprint density at radius 2 is 2.06 bits per heavy atom. The molecule has 1 N–H and O–H groups in total. The zero-order valence-corrected chi connectivity index (χ0v) is 11.0. The summed E-state index contributed by atoms with van der Waals surface area (Å²) in [6.07, 6.45) is 1.83. The predicted octanol–water partition coefficient (Wildman–Crippen LogP) is 3.94. The molecule has 0 amide bonds. The molecule has 0 bridgehead atoms. The smallest absolute Gasteiger partial charge is 0.136 e. The van der Waals surface area contributed by atoms with Crippen molar-refractivity contribution in [3.05, 3.63) is 54.0 Å². The van der Waals surface area contributed by atoms with Gasteiger partial charge in [-0.3, -0.25) is 0 Å². The summed E-state index contributed by atoms with van der Waals surface area (Å²) in [5, 5.41) is 3.14. The van der Waals surface area contributed by atoms with E-state index in [9.17, 15) is 4.39 Å². The van der Waals surface area contributed by atoms with Gasteiger partial charge in [0.1, 0.15) is 11.6 Å². The fraction of sp³-hybridized carbons (Fsp3) is 0.214. The largest absolute Gasteiger partial charge is 0.370 e. The molecule has 94 valence electrons. The zero-order valence-electron chi connectivity index (χ0n) is 10.2. The van der Waals surface area contributed by atoms with Gasteiger partial charge in [-0.15, -0.1) is 11.8 Å². The number of thioether (sulfide) groups is 1. The quantitative estimate of drug-likeness (QED) is 0.826. The molecule has 0 saturated heterocycles. The normalized spacial score (nSPS) is 10.3. The standard InChI is InChI=1S/C14H15FN2S/c1-2-16-14-8-7-11(9-17-14)10-18-13-6-4-3-5-12(13)15/h3-9H,2,10H2,1H3,(H,16,17). The molecule has 0 saturated carbocycles. The highest BCUT2D eigenvalue weighted by atomic mass is 32.2. The van der Waals surface area contributed by atoms with Gasteiger partial charge in [-0.1, -0.05) is 18.2 Å². The number of aromatic nitrogens is 1. The molecule has 0 aliphatic rings. The molecule has 4 heteroatoms. The Morgan fingerprint density at radius 3 is 2.72 bits per heavy atom. The topological polar surface area (TPSA) is 24.9 Å². The van der Waals surface area contributed by atoms with E-state index < -0.39 is 0 Å². The third-order valence-electron chi connectivity index (χ3n) is 2.41. The second-order valence-corrected chi connectivity index (χ2v) is 4.82. The number of anilines is 1. The van der Waals surface area contributed by atoms with Gasteiger partial charge in [0.15, 0.2) is 0 Å². The van der Waals surface area contributed by atoms with Crippen LogP contribution in [0.4, 0.5) is 10.2 Å². The van der Waals surface area contributed by atoms with Crippen LogP contribution < -0.4 is 5.32 Å². The maximum Gasteiger partial charge on any atom is 0.136 e. The second kappa shape index (κ2) is 6.40. The minimum absolute atomic E-state index is 0.167. The SMILES string of the molecule is CCNc1ccc(CSc2ccccc2F)cn1. The maximum absolute atomic E-state index is 13.4. The van der Waals surface area contributed by atoms with Crippen molar-refractivity contribution in [3.8, 4) is 0 Å². The Balaban J connectivity index is 1.96. The summed E-state index contributed by atoms with van der Waals surface area (Å²) in [5.74, 6) is 1.43. The highest BCUT2D eigenvalue weighted by molar-refractivity contribution is 7.98. The second-order valence-electron chi connectivity index (χ2n) is 3.80. The van der Waals surface area contributed by atoms with Crippen molar-refractivity contribution in [2.24, 2.45) is 0 Å². The van der Waals surface area contributed by atoms with E-state index >= 15 is 0 Å². The number of nitrogens with zero attached hydrogens (tertiary/aromatic N) is 1. The first-order valence-electron chi connectivity index (χ1n) is 5.85. The Morgan fingerprint density at radius 1 is 1.22 bits per heavy atom. The molecule has 1 aromatic carbocycles. The number of nitrogens with one attached hydrogen (secondary N) is 1. The van der Waals surface area contributed by atoms with E-state index in [-0.39, 0.29) is 5.82 Å². The van der Waals surface area contributed by atoms with Crippen molar-refractivity contribution in [1.29, 1.82) is 0 Å².